The van der Waals surface area contributed by atoms with Gasteiger partial charge < -0.3 is 15.4 Å². The van der Waals surface area contributed by atoms with Gasteiger partial charge in [0.25, 0.3) is 0 Å². The Morgan fingerprint density at radius 1 is 0.952 bits per heavy atom. The molecule has 0 unspecified atom stereocenters. The van der Waals surface area contributed by atoms with Crippen molar-refractivity contribution in [2.24, 2.45) is 0 Å². The van der Waals surface area contributed by atoms with Gasteiger partial charge in [0.2, 0.25) is 0 Å². The maximum atomic E-state index is 15.2. The van der Waals surface area contributed by atoms with Gasteiger partial charge in [-0.05, 0) is 57.0 Å². The van der Waals surface area contributed by atoms with Crippen molar-refractivity contribution in [2.75, 3.05) is 39.0 Å². The van der Waals surface area contributed by atoms with Crippen LogP contribution in [0.15, 0.2) is 48.8 Å². The number of rotatable bonds is 6. The van der Waals surface area contributed by atoms with Crippen LogP contribution in [0, 0.1) is 5.82 Å². The number of hydrogen-bond acceptors (Lipinski definition) is 7. The van der Waals surface area contributed by atoms with Crippen molar-refractivity contribution in [1.29, 1.82) is 0 Å². The summed E-state index contributed by atoms with van der Waals surface area (Å²) in [4.78, 5) is 13.6. The monoisotopic (exact) mass is 583 g/mol. The number of alkyl halides is 3. The van der Waals surface area contributed by atoms with E-state index in [4.69, 9.17) is 15.6 Å². The van der Waals surface area contributed by atoms with E-state index in [1.54, 1.807) is 6.07 Å². The van der Waals surface area contributed by atoms with Crippen LogP contribution in [0.4, 0.5) is 23.4 Å². The van der Waals surface area contributed by atoms with Crippen molar-refractivity contribution >= 4 is 16.9 Å². The van der Waals surface area contributed by atoms with E-state index in [2.05, 4.69) is 26.8 Å². The highest BCUT2D eigenvalue weighted by Crippen LogP contribution is 2.38. The normalized spacial score (nSPS) is 20.7. The molecule has 2 N–H and O–H groups in total. The molecule has 1 aliphatic heterocycles. The number of halogens is 4. The molecule has 2 aromatic heterocycles. The first-order valence-electron chi connectivity index (χ1n) is 14.2. The number of nitrogen functional groups attached to an aromatic ring is 1. The Morgan fingerprint density at radius 2 is 1.67 bits per heavy atom. The molecule has 3 heterocycles. The molecular formula is C30H33F4N7O. The van der Waals surface area contributed by atoms with E-state index >= 15 is 4.39 Å². The maximum absolute atomic E-state index is 15.2. The molecule has 0 atom stereocenters. The summed E-state index contributed by atoms with van der Waals surface area (Å²) < 4.78 is 62.6. The largest absolute Gasteiger partial charge is 0.486 e. The van der Waals surface area contributed by atoms with Crippen molar-refractivity contribution in [1.82, 2.24) is 29.5 Å². The summed E-state index contributed by atoms with van der Waals surface area (Å²) in [5.74, 6) is -0.634. The van der Waals surface area contributed by atoms with E-state index in [0.29, 0.717) is 28.3 Å². The Balaban J connectivity index is 1.22. The van der Waals surface area contributed by atoms with Crippen LogP contribution in [-0.4, -0.2) is 68.8 Å². The molecule has 0 amide bonds. The van der Waals surface area contributed by atoms with Gasteiger partial charge in [-0.3, -0.25) is 4.90 Å². The fraction of sp³-hybridized carbons (Fsp3) is 0.433. The molecule has 1 saturated heterocycles. The third-order valence-corrected chi connectivity index (χ3v) is 8.50. The second-order valence-corrected chi connectivity index (χ2v) is 11.1. The van der Waals surface area contributed by atoms with E-state index in [9.17, 15) is 13.2 Å². The third-order valence-electron chi connectivity index (χ3n) is 8.50. The van der Waals surface area contributed by atoms with Crippen molar-refractivity contribution in [2.45, 2.75) is 50.6 Å². The number of nitrogens with zero attached hydrogens (tertiary/aromatic N) is 6. The molecule has 6 rings (SSSR count). The molecule has 12 heteroatoms. The van der Waals surface area contributed by atoms with Gasteiger partial charge in [0, 0.05) is 43.3 Å². The van der Waals surface area contributed by atoms with E-state index < -0.39 is 24.2 Å². The van der Waals surface area contributed by atoms with Crippen LogP contribution in [0.1, 0.15) is 42.9 Å². The topological polar surface area (TPSA) is 85.3 Å². The molecule has 8 nitrogen and oxygen atoms in total. The predicted octanol–water partition coefficient (Wildman–Crippen LogP) is 5.54. The van der Waals surface area contributed by atoms with Gasteiger partial charge in [-0.2, -0.15) is 18.3 Å². The molecule has 0 radical (unpaired) electrons. The minimum atomic E-state index is -4.53. The molecule has 0 spiro atoms. The predicted molar refractivity (Wildman–Crippen MR) is 151 cm³/mol. The molecule has 2 aliphatic rings. The van der Waals surface area contributed by atoms with Crippen LogP contribution in [0.2, 0.25) is 0 Å². The Bertz CT molecular complexity index is 1560. The highest BCUT2D eigenvalue weighted by atomic mass is 19.4. The summed E-state index contributed by atoms with van der Waals surface area (Å²) in [5, 5.41) is 5.42. The molecule has 4 aromatic rings. The van der Waals surface area contributed by atoms with Gasteiger partial charge in [0.15, 0.2) is 17.2 Å². The van der Waals surface area contributed by atoms with Gasteiger partial charge in [0.1, 0.15) is 24.4 Å². The van der Waals surface area contributed by atoms with Crippen LogP contribution >= 0.6 is 0 Å². The Morgan fingerprint density at radius 3 is 2.38 bits per heavy atom. The van der Waals surface area contributed by atoms with Gasteiger partial charge in [0.05, 0.1) is 17.0 Å². The number of benzene rings is 2. The zero-order valence-corrected chi connectivity index (χ0v) is 23.3. The summed E-state index contributed by atoms with van der Waals surface area (Å²) in [7, 11) is 2.16. The lowest BCUT2D eigenvalue weighted by Crippen LogP contribution is -2.49. The zero-order chi connectivity index (χ0) is 29.4. The molecule has 1 aliphatic carbocycles. The van der Waals surface area contributed by atoms with Crippen LogP contribution in [0.25, 0.3) is 22.3 Å². The molecule has 2 aromatic carbocycles. The van der Waals surface area contributed by atoms with E-state index in [-0.39, 0.29) is 23.2 Å². The highest BCUT2D eigenvalue weighted by molar-refractivity contribution is 5.98. The number of nitrogens with two attached hydrogens (primary N) is 1. The van der Waals surface area contributed by atoms with Gasteiger partial charge in [-0.1, -0.05) is 18.2 Å². The summed E-state index contributed by atoms with van der Waals surface area (Å²) >= 11 is 0. The van der Waals surface area contributed by atoms with Crippen LogP contribution in [-0.2, 0) is 12.8 Å². The summed E-state index contributed by atoms with van der Waals surface area (Å²) in [6, 6.07) is 10.0. The summed E-state index contributed by atoms with van der Waals surface area (Å²) in [5.41, 5.74) is 6.89. The first kappa shape index (κ1) is 28.4. The summed E-state index contributed by atoms with van der Waals surface area (Å²) in [6.45, 7) is 3.92. The van der Waals surface area contributed by atoms with Crippen molar-refractivity contribution in [3.8, 4) is 17.0 Å². The highest BCUT2D eigenvalue weighted by Gasteiger charge is 2.33. The summed E-state index contributed by atoms with van der Waals surface area (Å²) in [6.07, 6.45) is 0.878. The molecule has 42 heavy (non-hydrogen) atoms. The second-order valence-electron chi connectivity index (χ2n) is 11.1. The van der Waals surface area contributed by atoms with E-state index in [1.165, 1.54) is 36.7 Å². The zero-order valence-electron chi connectivity index (χ0n) is 23.3. The third kappa shape index (κ3) is 5.65. The Kier molecular flexibility index (Phi) is 7.75. The minimum absolute atomic E-state index is 0.0783. The van der Waals surface area contributed by atoms with Crippen molar-refractivity contribution < 1.29 is 22.3 Å². The maximum Gasteiger partial charge on any atom is 0.416 e. The quantitative estimate of drug-likeness (QED) is 0.298. The number of likely N-dealkylation sites (N-methyl/N-ethyl adjacent to an activating group) is 1. The first-order valence-corrected chi connectivity index (χ1v) is 14.2. The minimum Gasteiger partial charge on any atom is -0.486 e. The average molecular weight is 584 g/mol. The second kappa shape index (κ2) is 11.5. The Labute approximate surface area is 241 Å². The lowest BCUT2D eigenvalue weighted by molar-refractivity contribution is -0.138. The molecular weight excluding hydrogens is 550 g/mol. The molecule has 0 bridgehead atoms. The lowest BCUT2D eigenvalue weighted by atomic mass is 9.90. The van der Waals surface area contributed by atoms with Crippen molar-refractivity contribution in [3.63, 3.8) is 0 Å². The van der Waals surface area contributed by atoms with Gasteiger partial charge in [-0.25, -0.2) is 19.0 Å². The van der Waals surface area contributed by atoms with Gasteiger partial charge in [-0.15, -0.1) is 0 Å². The van der Waals surface area contributed by atoms with E-state index in [1.807, 2.05) is 4.68 Å². The smallest absolute Gasteiger partial charge is 0.416 e. The van der Waals surface area contributed by atoms with Gasteiger partial charge >= 0.3 is 6.18 Å². The average Bonchev–Trinajstić information content (AvgIpc) is 3.38. The number of fused-ring (bicyclic) bond motifs is 1. The van der Waals surface area contributed by atoms with E-state index in [0.717, 1.165) is 57.9 Å². The fourth-order valence-corrected chi connectivity index (χ4v) is 6.15. The number of hydrogen-bond donors (Lipinski definition) is 1. The van der Waals surface area contributed by atoms with Crippen LogP contribution in [0.5, 0.6) is 5.75 Å². The van der Waals surface area contributed by atoms with Crippen LogP contribution in [0.3, 0.4) is 0 Å². The Hall–Kier alpha value is -3.77. The standard InChI is InChI=1S/C30H33F4N7O/c1-39-12-14-40(15-13-39)21-7-9-22(10-8-21)41-29-26(28(35)36-18-37-29)27(38-41)19-6-11-25(24(31)16-19)42-17-20-4-2-3-5-23(20)30(32,33)34/h2-6,11,16,18,21-22H,7-10,12-15,17H2,1H3,(H2,35,36,37). The van der Waals surface area contributed by atoms with Crippen LogP contribution < -0.4 is 10.5 Å². The number of ether oxygens (including phenoxy) is 1. The fourth-order valence-electron chi connectivity index (χ4n) is 6.15. The lowest BCUT2D eigenvalue weighted by Gasteiger charge is -2.41. The molecule has 222 valence electrons. The number of piperazine rings is 1. The number of aromatic nitrogens is 4. The van der Waals surface area contributed by atoms with Crippen molar-refractivity contribution in [3.05, 3.63) is 65.7 Å². The first-order chi connectivity index (χ1) is 20.2. The molecule has 1 saturated carbocycles. The SMILES string of the molecule is CN1CCN(C2CCC(n3nc(-c4ccc(OCc5ccccc5C(F)(F)F)c(F)c4)c4c(N)ncnc43)CC2)CC1. The number of anilines is 1. The molecule has 2 fully saturated rings.